The van der Waals surface area contributed by atoms with E-state index in [2.05, 4.69) is 11.8 Å². The van der Waals surface area contributed by atoms with Gasteiger partial charge in [0.25, 0.3) is 0 Å². The first-order valence-electron chi connectivity index (χ1n) is 9.81. The van der Waals surface area contributed by atoms with Gasteiger partial charge in [0.2, 0.25) is 0 Å². The summed E-state index contributed by atoms with van der Waals surface area (Å²) < 4.78 is 21.3. The van der Waals surface area contributed by atoms with Crippen LogP contribution in [0, 0.1) is 0 Å². The lowest BCUT2D eigenvalue weighted by molar-refractivity contribution is -0.140. The second kappa shape index (κ2) is 9.76. The second-order valence-corrected chi connectivity index (χ2v) is 6.99. The maximum atomic E-state index is 12.4. The quantitative estimate of drug-likeness (QED) is 0.666. The molecule has 3 rings (SSSR count). The number of hydrogen-bond donors (Lipinski definition) is 0. The fourth-order valence-electron chi connectivity index (χ4n) is 3.64. The summed E-state index contributed by atoms with van der Waals surface area (Å²) in [5.41, 5.74) is 0.954. The molecular formula is C21H28N2O6. The molecule has 1 aromatic carbocycles. The third-order valence-electron chi connectivity index (χ3n) is 5.19. The molecule has 29 heavy (non-hydrogen) atoms. The number of nitrogens with zero attached hydrogens (tertiary/aromatic N) is 2. The summed E-state index contributed by atoms with van der Waals surface area (Å²) in [4.78, 5) is 28.4. The van der Waals surface area contributed by atoms with E-state index in [1.807, 2.05) is 24.3 Å². The van der Waals surface area contributed by atoms with Crippen LogP contribution in [0.5, 0.6) is 5.75 Å². The van der Waals surface area contributed by atoms with Crippen LogP contribution in [0.3, 0.4) is 0 Å². The Kier molecular flexibility index (Phi) is 7.11. The van der Waals surface area contributed by atoms with Crippen LogP contribution in [0.1, 0.15) is 19.8 Å². The average Bonchev–Trinajstić information content (AvgIpc) is 2.78. The first-order chi connectivity index (χ1) is 14.1. The predicted octanol–water partition coefficient (Wildman–Crippen LogP) is 1.94. The first-order valence-corrected chi connectivity index (χ1v) is 9.81. The van der Waals surface area contributed by atoms with E-state index < -0.39 is 11.9 Å². The number of piperidine rings is 1. The van der Waals surface area contributed by atoms with E-state index in [0.29, 0.717) is 5.69 Å². The van der Waals surface area contributed by atoms with Crippen molar-refractivity contribution >= 4 is 17.6 Å². The van der Waals surface area contributed by atoms with E-state index >= 15 is 0 Å². The number of likely N-dealkylation sites (tertiary alicyclic amines) is 1. The van der Waals surface area contributed by atoms with Crippen molar-refractivity contribution in [2.45, 2.75) is 25.9 Å². The second-order valence-electron chi connectivity index (χ2n) is 6.99. The highest BCUT2D eigenvalue weighted by Crippen LogP contribution is 2.29. The Morgan fingerprint density at radius 1 is 1.14 bits per heavy atom. The Morgan fingerprint density at radius 3 is 2.52 bits per heavy atom. The molecule has 0 spiro atoms. The molecule has 2 aliphatic heterocycles. The van der Waals surface area contributed by atoms with Crippen LogP contribution in [0.2, 0.25) is 0 Å². The van der Waals surface area contributed by atoms with Crippen molar-refractivity contribution in [2.24, 2.45) is 0 Å². The molecule has 0 aliphatic carbocycles. The summed E-state index contributed by atoms with van der Waals surface area (Å²) in [5.74, 6) is -0.463. The molecule has 8 nitrogen and oxygen atoms in total. The van der Waals surface area contributed by atoms with E-state index in [1.165, 1.54) is 14.2 Å². The van der Waals surface area contributed by atoms with E-state index in [-0.39, 0.29) is 30.7 Å². The highest BCUT2D eigenvalue weighted by molar-refractivity contribution is 6.03. The first kappa shape index (κ1) is 21.1. The normalized spacial score (nSPS) is 20.4. The van der Waals surface area contributed by atoms with E-state index in [1.54, 1.807) is 4.90 Å². The number of benzene rings is 1. The van der Waals surface area contributed by atoms with Gasteiger partial charge in [-0.15, -0.1) is 0 Å². The third kappa shape index (κ3) is 4.89. The van der Waals surface area contributed by atoms with Gasteiger partial charge in [0.05, 0.1) is 26.4 Å². The maximum absolute atomic E-state index is 12.4. The van der Waals surface area contributed by atoms with Crippen LogP contribution in [-0.2, 0) is 23.8 Å². The van der Waals surface area contributed by atoms with Gasteiger partial charge in [0.1, 0.15) is 24.3 Å². The van der Waals surface area contributed by atoms with Crippen LogP contribution in [0.25, 0.3) is 0 Å². The van der Waals surface area contributed by atoms with Crippen LogP contribution < -0.4 is 9.64 Å². The van der Waals surface area contributed by atoms with Gasteiger partial charge in [-0.25, -0.2) is 9.59 Å². The van der Waals surface area contributed by atoms with Gasteiger partial charge in [-0.05, 0) is 50.2 Å². The lowest BCUT2D eigenvalue weighted by atomic mass is 10.1. The molecule has 1 unspecified atom stereocenters. The number of ether oxygens (including phenoxy) is 4. The molecule has 1 atom stereocenters. The van der Waals surface area contributed by atoms with Crippen molar-refractivity contribution in [3.05, 3.63) is 35.5 Å². The number of carbonyl (C=O) groups excluding carboxylic acids is 2. The van der Waals surface area contributed by atoms with Crippen molar-refractivity contribution in [1.82, 2.24) is 4.90 Å². The molecule has 1 aromatic rings. The number of esters is 2. The third-order valence-corrected chi connectivity index (χ3v) is 5.19. The van der Waals surface area contributed by atoms with Crippen molar-refractivity contribution in [1.29, 1.82) is 0 Å². The molecule has 1 fully saturated rings. The van der Waals surface area contributed by atoms with Crippen LogP contribution >= 0.6 is 0 Å². The summed E-state index contributed by atoms with van der Waals surface area (Å²) in [6.07, 6.45) is 2.34. The van der Waals surface area contributed by atoms with Crippen LogP contribution in [0.4, 0.5) is 5.69 Å². The summed E-state index contributed by atoms with van der Waals surface area (Å²) in [5, 5.41) is 0. The number of methoxy groups -OCH3 is 2. The van der Waals surface area contributed by atoms with Gasteiger partial charge in [0, 0.05) is 12.2 Å². The monoisotopic (exact) mass is 404 g/mol. The SMILES string of the molecule is CCN1CCCC(Oc2ccc(N3COCC(C(=O)OC)=C3C(=O)OC)cc2)C1. The van der Waals surface area contributed by atoms with Gasteiger partial charge in [-0.3, -0.25) is 4.90 Å². The molecule has 0 saturated carbocycles. The number of anilines is 1. The molecule has 158 valence electrons. The lowest BCUT2D eigenvalue weighted by Crippen LogP contribution is -2.40. The summed E-state index contributed by atoms with van der Waals surface area (Å²) >= 11 is 0. The van der Waals surface area contributed by atoms with Gasteiger partial charge < -0.3 is 23.8 Å². The van der Waals surface area contributed by atoms with Crippen molar-refractivity contribution in [3.8, 4) is 5.75 Å². The van der Waals surface area contributed by atoms with E-state index in [9.17, 15) is 9.59 Å². The maximum Gasteiger partial charge on any atom is 0.355 e. The smallest absolute Gasteiger partial charge is 0.355 e. The zero-order chi connectivity index (χ0) is 20.8. The van der Waals surface area contributed by atoms with E-state index in [0.717, 1.165) is 38.2 Å². The Morgan fingerprint density at radius 2 is 1.86 bits per heavy atom. The van der Waals surface area contributed by atoms with Gasteiger partial charge in [0.15, 0.2) is 0 Å². The number of hydrogen-bond acceptors (Lipinski definition) is 8. The lowest BCUT2D eigenvalue weighted by Gasteiger charge is -2.32. The highest BCUT2D eigenvalue weighted by atomic mass is 16.5. The Hall–Kier alpha value is -2.58. The largest absolute Gasteiger partial charge is 0.489 e. The Labute approximate surface area is 171 Å². The van der Waals surface area contributed by atoms with Crippen LogP contribution in [0.15, 0.2) is 35.5 Å². The van der Waals surface area contributed by atoms with Crippen molar-refractivity contribution in [3.63, 3.8) is 0 Å². The van der Waals surface area contributed by atoms with Gasteiger partial charge in [-0.1, -0.05) is 6.92 Å². The number of carbonyl (C=O) groups is 2. The van der Waals surface area contributed by atoms with E-state index in [4.69, 9.17) is 18.9 Å². The fraction of sp³-hybridized carbons (Fsp3) is 0.524. The zero-order valence-electron chi connectivity index (χ0n) is 17.2. The number of likely N-dealkylation sites (N-methyl/N-ethyl adjacent to an activating group) is 1. The molecule has 2 aliphatic rings. The Balaban J connectivity index is 1.78. The minimum absolute atomic E-state index is 0.00951. The molecule has 0 amide bonds. The molecule has 2 heterocycles. The summed E-state index contributed by atoms with van der Waals surface area (Å²) in [6, 6.07) is 7.40. The fourth-order valence-corrected chi connectivity index (χ4v) is 3.64. The molecule has 0 N–H and O–H groups in total. The molecular weight excluding hydrogens is 376 g/mol. The molecule has 1 saturated heterocycles. The van der Waals surface area contributed by atoms with Gasteiger partial charge in [-0.2, -0.15) is 0 Å². The zero-order valence-corrected chi connectivity index (χ0v) is 17.2. The molecule has 8 heteroatoms. The predicted molar refractivity (Wildman–Crippen MR) is 107 cm³/mol. The topological polar surface area (TPSA) is 77.5 Å². The summed E-state index contributed by atoms with van der Waals surface area (Å²) in [6.45, 7) is 5.35. The minimum atomic E-state index is -0.618. The number of rotatable bonds is 6. The van der Waals surface area contributed by atoms with Crippen molar-refractivity contribution < 1.29 is 28.5 Å². The molecule has 0 bridgehead atoms. The standard InChI is InChI=1S/C21H28N2O6/c1-4-22-11-5-6-17(12-22)29-16-9-7-15(8-10-16)23-14-28-13-18(20(24)26-2)19(23)21(25)27-3/h7-10,17H,4-6,11-14H2,1-3H3. The average molecular weight is 404 g/mol. The van der Waals surface area contributed by atoms with Gasteiger partial charge >= 0.3 is 11.9 Å². The Bertz CT molecular complexity index is 761. The highest BCUT2D eigenvalue weighted by Gasteiger charge is 2.32. The summed E-state index contributed by atoms with van der Waals surface area (Å²) in [7, 11) is 2.54. The van der Waals surface area contributed by atoms with Crippen molar-refractivity contribution in [2.75, 3.05) is 52.1 Å². The molecule has 0 radical (unpaired) electrons. The molecule has 0 aromatic heterocycles. The van der Waals surface area contributed by atoms with Crippen LogP contribution in [-0.4, -0.2) is 70.1 Å². The minimum Gasteiger partial charge on any atom is -0.489 e.